The number of aliphatic hydroxyl groups is 1. The summed E-state index contributed by atoms with van der Waals surface area (Å²) in [6.45, 7) is 0. The molecule has 0 bridgehead atoms. The molecule has 0 amide bonds. The first-order chi connectivity index (χ1) is 9.19. The molecule has 3 atom stereocenters. The molecular weight excluding hydrogens is 261 g/mol. The Hall–Kier alpha value is -0.750. The number of nitrogens with zero attached hydrogens (tertiary/aromatic N) is 1. The summed E-state index contributed by atoms with van der Waals surface area (Å²) in [5, 5.41) is 11.7. The van der Waals surface area contributed by atoms with Crippen LogP contribution >= 0.6 is 12.2 Å². The second kappa shape index (κ2) is 7.14. The van der Waals surface area contributed by atoms with E-state index >= 15 is 0 Å². The Balaban J connectivity index is 1.83. The third kappa shape index (κ3) is 4.38. The molecule has 0 aromatic carbocycles. The standard InChI is InChI=1S/C15H20FNOS/c16-14-9-12(5-8-15(14)17-10-19)2-1-11-3-6-13(18)7-4-11/h11-15,18H,3-9H2. The van der Waals surface area contributed by atoms with Crippen LogP contribution in [0, 0.1) is 23.7 Å². The molecule has 2 fully saturated rings. The van der Waals surface area contributed by atoms with Gasteiger partial charge < -0.3 is 5.11 Å². The van der Waals surface area contributed by atoms with Gasteiger partial charge in [-0.05, 0) is 57.2 Å². The van der Waals surface area contributed by atoms with E-state index < -0.39 is 6.17 Å². The molecule has 2 nitrogen and oxygen atoms in total. The zero-order valence-corrected chi connectivity index (χ0v) is 11.8. The van der Waals surface area contributed by atoms with Gasteiger partial charge in [-0.1, -0.05) is 11.8 Å². The minimum Gasteiger partial charge on any atom is -0.393 e. The van der Waals surface area contributed by atoms with Crippen LogP contribution in [0.15, 0.2) is 4.99 Å². The summed E-state index contributed by atoms with van der Waals surface area (Å²) in [5.41, 5.74) is 0. The molecule has 0 heterocycles. The highest BCUT2D eigenvalue weighted by Gasteiger charge is 2.29. The SMILES string of the molecule is OC1CCC(C#CC2CCC(N=C=S)C(F)C2)CC1. The van der Waals surface area contributed by atoms with E-state index in [-0.39, 0.29) is 18.1 Å². The number of halogens is 1. The van der Waals surface area contributed by atoms with E-state index in [1.54, 1.807) is 0 Å². The molecule has 0 spiro atoms. The van der Waals surface area contributed by atoms with E-state index in [2.05, 4.69) is 34.2 Å². The van der Waals surface area contributed by atoms with Crippen molar-refractivity contribution in [1.29, 1.82) is 0 Å². The lowest BCUT2D eigenvalue weighted by Crippen LogP contribution is -2.28. The van der Waals surface area contributed by atoms with Gasteiger partial charge in [0.2, 0.25) is 0 Å². The molecule has 0 aliphatic heterocycles. The highest BCUT2D eigenvalue weighted by Crippen LogP contribution is 2.29. The van der Waals surface area contributed by atoms with Crippen molar-refractivity contribution in [1.82, 2.24) is 0 Å². The van der Waals surface area contributed by atoms with Crippen molar-refractivity contribution < 1.29 is 9.50 Å². The maximum atomic E-state index is 13.8. The Labute approximate surface area is 119 Å². The predicted molar refractivity (Wildman–Crippen MR) is 76.8 cm³/mol. The third-order valence-corrected chi connectivity index (χ3v) is 4.25. The van der Waals surface area contributed by atoms with Gasteiger partial charge in [0.25, 0.3) is 0 Å². The third-order valence-electron chi connectivity index (χ3n) is 4.14. The van der Waals surface area contributed by atoms with E-state index in [1.165, 1.54) is 0 Å². The lowest BCUT2D eigenvalue weighted by Gasteiger charge is -2.26. The quantitative estimate of drug-likeness (QED) is 0.455. The van der Waals surface area contributed by atoms with Gasteiger partial charge >= 0.3 is 0 Å². The van der Waals surface area contributed by atoms with Crippen LogP contribution in [-0.4, -0.2) is 28.6 Å². The second-order valence-electron chi connectivity index (χ2n) is 5.61. The zero-order chi connectivity index (χ0) is 13.7. The van der Waals surface area contributed by atoms with Crippen molar-refractivity contribution in [3.8, 4) is 11.8 Å². The van der Waals surface area contributed by atoms with E-state index in [1.807, 2.05) is 0 Å². The van der Waals surface area contributed by atoms with E-state index in [9.17, 15) is 9.50 Å². The van der Waals surface area contributed by atoms with E-state index in [0.29, 0.717) is 18.8 Å². The normalized spacial score (nSPS) is 38.7. The molecule has 2 aliphatic carbocycles. The average molecular weight is 281 g/mol. The Morgan fingerprint density at radius 2 is 1.63 bits per heavy atom. The smallest absolute Gasteiger partial charge is 0.124 e. The van der Waals surface area contributed by atoms with Crippen molar-refractivity contribution in [2.45, 2.75) is 63.3 Å². The van der Waals surface area contributed by atoms with Crippen molar-refractivity contribution in [3.05, 3.63) is 0 Å². The van der Waals surface area contributed by atoms with Crippen molar-refractivity contribution in [3.63, 3.8) is 0 Å². The van der Waals surface area contributed by atoms with Crippen molar-refractivity contribution in [2.75, 3.05) is 0 Å². The van der Waals surface area contributed by atoms with Crippen LogP contribution in [0.5, 0.6) is 0 Å². The van der Waals surface area contributed by atoms with Crippen LogP contribution in [0.1, 0.15) is 44.9 Å². The molecule has 3 unspecified atom stereocenters. The van der Waals surface area contributed by atoms with Gasteiger partial charge in [-0.2, -0.15) is 0 Å². The number of aliphatic imine (C=N–C) groups is 1. The summed E-state index contributed by atoms with van der Waals surface area (Å²) >= 11 is 4.53. The van der Waals surface area contributed by atoms with Gasteiger partial charge in [-0.25, -0.2) is 9.38 Å². The predicted octanol–water partition coefficient (Wildman–Crippen LogP) is 3.15. The fraction of sp³-hybridized carbons (Fsp3) is 0.800. The summed E-state index contributed by atoms with van der Waals surface area (Å²) in [6, 6.07) is -0.305. The highest BCUT2D eigenvalue weighted by molar-refractivity contribution is 7.78. The molecule has 1 N–H and O–H groups in total. The molecule has 0 radical (unpaired) electrons. The number of alkyl halides is 1. The van der Waals surface area contributed by atoms with E-state index in [4.69, 9.17) is 0 Å². The summed E-state index contributed by atoms with van der Waals surface area (Å²) < 4.78 is 13.8. The molecule has 4 heteroatoms. The lowest BCUT2D eigenvalue weighted by atomic mass is 9.83. The van der Waals surface area contributed by atoms with Crippen molar-refractivity contribution in [2.24, 2.45) is 16.8 Å². The van der Waals surface area contributed by atoms with Crippen LogP contribution < -0.4 is 0 Å². The van der Waals surface area contributed by atoms with Crippen LogP contribution in [-0.2, 0) is 0 Å². The number of rotatable bonds is 1. The van der Waals surface area contributed by atoms with E-state index in [0.717, 1.165) is 32.1 Å². The summed E-state index contributed by atoms with van der Waals surface area (Å²) in [7, 11) is 0. The molecule has 104 valence electrons. The molecule has 0 saturated heterocycles. The maximum absolute atomic E-state index is 13.8. The zero-order valence-electron chi connectivity index (χ0n) is 11.0. The minimum absolute atomic E-state index is 0.142. The van der Waals surface area contributed by atoms with Crippen LogP contribution in [0.25, 0.3) is 0 Å². The Kier molecular flexibility index (Phi) is 5.51. The minimum atomic E-state index is -0.934. The average Bonchev–Trinajstić information content (AvgIpc) is 2.41. The molecule has 2 rings (SSSR count). The first-order valence-corrected chi connectivity index (χ1v) is 7.50. The van der Waals surface area contributed by atoms with Gasteiger partial charge in [0, 0.05) is 11.8 Å². The fourth-order valence-electron chi connectivity index (χ4n) is 2.90. The number of isothiocyanates is 1. The van der Waals surface area contributed by atoms with Gasteiger partial charge in [0.05, 0.1) is 17.3 Å². The first kappa shape index (κ1) is 14.7. The summed E-state index contributed by atoms with van der Waals surface area (Å²) in [4.78, 5) is 3.87. The molecule has 0 aromatic rings. The monoisotopic (exact) mass is 281 g/mol. The largest absolute Gasteiger partial charge is 0.393 e. The summed E-state index contributed by atoms with van der Waals surface area (Å²) in [6.07, 6.45) is 4.64. The topological polar surface area (TPSA) is 32.6 Å². The number of hydrogen-bond acceptors (Lipinski definition) is 3. The molecule has 2 aliphatic rings. The lowest BCUT2D eigenvalue weighted by molar-refractivity contribution is 0.119. The summed E-state index contributed by atoms with van der Waals surface area (Å²) in [5.74, 6) is 7.06. The number of aliphatic hydroxyl groups excluding tert-OH is 1. The fourth-order valence-corrected chi connectivity index (χ4v) is 3.03. The van der Waals surface area contributed by atoms with Gasteiger partial charge in [0.15, 0.2) is 0 Å². The van der Waals surface area contributed by atoms with Gasteiger partial charge in [-0.3, -0.25) is 0 Å². The molecule has 19 heavy (non-hydrogen) atoms. The Morgan fingerprint density at radius 3 is 2.26 bits per heavy atom. The Morgan fingerprint density at radius 1 is 1.00 bits per heavy atom. The molecule has 2 saturated carbocycles. The number of thiocarbonyl (C=S) groups is 1. The van der Waals surface area contributed by atoms with Gasteiger partial charge in [0.1, 0.15) is 6.17 Å². The van der Waals surface area contributed by atoms with Gasteiger partial charge in [-0.15, -0.1) is 0 Å². The Bertz CT molecular complexity index is 402. The van der Waals surface area contributed by atoms with Crippen LogP contribution in [0.2, 0.25) is 0 Å². The molecule has 0 aromatic heterocycles. The van der Waals surface area contributed by atoms with Crippen LogP contribution in [0.3, 0.4) is 0 Å². The first-order valence-electron chi connectivity index (χ1n) is 7.09. The number of hydrogen-bond donors (Lipinski definition) is 1. The second-order valence-corrected chi connectivity index (χ2v) is 5.79. The molecular formula is C15H20FNOS. The highest BCUT2D eigenvalue weighted by atomic mass is 32.1. The van der Waals surface area contributed by atoms with Crippen molar-refractivity contribution >= 4 is 17.4 Å². The van der Waals surface area contributed by atoms with Crippen LogP contribution in [0.4, 0.5) is 4.39 Å². The maximum Gasteiger partial charge on any atom is 0.124 e.